The summed E-state index contributed by atoms with van der Waals surface area (Å²) in [5.41, 5.74) is 7.48. The van der Waals surface area contributed by atoms with Crippen molar-refractivity contribution in [2.24, 2.45) is 11.7 Å². The molecule has 0 bridgehead atoms. The fourth-order valence-corrected chi connectivity index (χ4v) is 2.69. The third-order valence-corrected chi connectivity index (χ3v) is 4.00. The first kappa shape index (κ1) is 14.3. The van der Waals surface area contributed by atoms with Gasteiger partial charge in [-0.05, 0) is 56.7 Å². The number of hydrogen-bond acceptors (Lipinski definition) is 2. The van der Waals surface area contributed by atoms with E-state index in [0.717, 1.165) is 36.7 Å². The van der Waals surface area contributed by atoms with Crippen molar-refractivity contribution < 1.29 is 4.39 Å². The monoisotopic (exact) mass is 264 g/mol. The van der Waals surface area contributed by atoms with E-state index < -0.39 is 0 Å². The Hall–Kier alpha value is -1.09. The maximum absolute atomic E-state index is 14.2. The lowest BCUT2D eigenvalue weighted by Gasteiger charge is -2.33. The van der Waals surface area contributed by atoms with Crippen molar-refractivity contribution in [1.82, 2.24) is 0 Å². The maximum Gasteiger partial charge on any atom is 0.146 e. The highest BCUT2D eigenvalue weighted by molar-refractivity contribution is 5.49. The molecular formula is C16H25FN2. The van der Waals surface area contributed by atoms with Crippen molar-refractivity contribution in [1.29, 1.82) is 0 Å². The van der Waals surface area contributed by atoms with Crippen LogP contribution >= 0.6 is 0 Å². The molecule has 106 valence electrons. The molecular weight excluding hydrogens is 239 g/mol. The van der Waals surface area contributed by atoms with Crippen molar-refractivity contribution in [2.75, 3.05) is 18.0 Å². The molecule has 1 aliphatic rings. The van der Waals surface area contributed by atoms with Crippen molar-refractivity contribution in [3.63, 3.8) is 0 Å². The van der Waals surface area contributed by atoms with Gasteiger partial charge in [0.05, 0.1) is 5.69 Å². The summed E-state index contributed by atoms with van der Waals surface area (Å²) in [6.07, 6.45) is 4.64. The first-order valence-electron chi connectivity index (χ1n) is 7.39. The Bertz CT molecular complexity index is 413. The minimum atomic E-state index is -0.112. The second kappa shape index (κ2) is 6.38. The topological polar surface area (TPSA) is 29.3 Å². The highest BCUT2D eigenvalue weighted by atomic mass is 19.1. The zero-order valence-corrected chi connectivity index (χ0v) is 12.0. The molecule has 0 heterocycles. The first-order valence-corrected chi connectivity index (χ1v) is 7.39. The van der Waals surface area contributed by atoms with Crippen molar-refractivity contribution in [3.05, 3.63) is 29.6 Å². The first-order chi connectivity index (χ1) is 9.10. The van der Waals surface area contributed by atoms with Gasteiger partial charge in [-0.2, -0.15) is 0 Å². The number of rotatable bonds is 6. The molecule has 2 nitrogen and oxygen atoms in total. The molecule has 19 heavy (non-hydrogen) atoms. The van der Waals surface area contributed by atoms with E-state index in [2.05, 4.69) is 11.8 Å². The van der Waals surface area contributed by atoms with Crippen LogP contribution in [-0.2, 0) is 6.42 Å². The zero-order valence-electron chi connectivity index (χ0n) is 12.0. The van der Waals surface area contributed by atoms with E-state index >= 15 is 0 Å². The molecule has 2 N–H and O–H groups in total. The fourth-order valence-electron chi connectivity index (χ4n) is 2.69. The molecule has 1 aromatic rings. The van der Waals surface area contributed by atoms with Crippen LogP contribution in [0.2, 0.25) is 0 Å². The molecule has 3 heteroatoms. The minimum Gasteiger partial charge on any atom is -0.369 e. The predicted octanol–water partition coefficient (Wildman–Crippen LogP) is 3.34. The largest absolute Gasteiger partial charge is 0.369 e. The molecule has 1 saturated carbocycles. The van der Waals surface area contributed by atoms with Crippen LogP contribution in [0.3, 0.4) is 0 Å². The van der Waals surface area contributed by atoms with E-state index in [9.17, 15) is 4.39 Å². The Kier molecular flexibility index (Phi) is 4.81. The van der Waals surface area contributed by atoms with Gasteiger partial charge in [0.15, 0.2) is 0 Å². The minimum absolute atomic E-state index is 0.0718. The molecule has 0 amide bonds. The Morgan fingerprint density at radius 3 is 2.63 bits per heavy atom. The lowest BCUT2D eigenvalue weighted by Crippen LogP contribution is -2.33. The number of anilines is 1. The highest BCUT2D eigenvalue weighted by Crippen LogP contribution is 2.30. The van der Waals surface area contributed by atoms with Crippen LogP contribution < -0.4 is 10.6 Å². The molecule has 1 fully saturated rings. The van der Waals surface area contributed by atoms with Crippen molar-refractivity contribution in [2.45, 2.75) is 45.6 Å². The van der Waals surface area contributed by atoms with Crippen LogP contribution in [0.5, 0.6) is 0 Å². The number of hydrogen-bond donors (Lipinski definition) is 1. The molecule has 1 aliphatic carbocycles. The van der Waals surface area contributed by atoms with Gasteiger partial charge in [-0.15, -0.1) is 0 Å². The van der Waals surface area contributed by atoms with Gasteiger partial charge in [-0.25, -0.2) is 4.39 Å². The number of nitrogens with two attached hydrogens (primary N) is 1. The average molecular weight is 264 g/mol. The fraction of sp³-hybridized carbons (Fsp3) is 0.625. The molecule has 1 unspecified atom stereocenters. The Balaban J connectivity index is 2.08. The quantitative estimate of drug-likeness (QED) is 0.854. The Morgan fingerprint density at radius 2 is 2.16 bits per heavy atom. The number of benzene rings is 1. The second-order valence-corrected chi connectivity index (χ2v) is 5.80. The maximum atomic E-state index is 14.2. The smallest absolute Gasteiger partial charge is 0.146 e. The molecule has 2 rings (SSSR count). The van der Waals surface area contributed by atoms with Crippen molar-refractivity contribution in [3.8, 4) is 0 Å². The summed E-state index contributed by atoms with van der Waals surface area (Å²) in [4.78, 5) is 2.16. The molecule has 1 aromatic carbocycles. The van der Waals surface area contributed by atoms with Crippen LogP contribution in [0.1, 0.15) is 38.7 Å². The van der Waals surface area contributed by atoms with E-state index in [-0.39, 0.29) is 11.9 Å². The molecule has 1 atom stereocenters. The normalized spacial score (nSPS) is 17.1. The van der Waals surface area contributed by atoms with Crippen LogP contribution in [0, 0.1) is 11.7 Å². The molecule has 0 radical (unpaired) electrons. The summed E-state index contributed by atoms with van der Waals surface area (Å²) >= 11 is 0. The van der Waals surface area contributed by atoms with E-state index in [1.807, 2.05) is 19.1 Å². The number of nitrogens with zero attached hydrogens (tertiary/aromatic N) is 1. The lowest BCUT2D eigenvalue weighted by molar-refractivity contribution is 0.318. The summed E-state index contributed by atoms with van der Waals surface area (Å²) < 4.78 is 14.2. The zero-order chi connectivity index (χ0) is 13.8. The van der Waals surface area contributed by atoms with E-state index in [1.165, 1.54) is 19.3 Å². The van der Waals surface area contributed by atoms with Gasteiger partial charge in [0, 0.05) is 19.1 Å². The average Bonchev–Trinajstić information content (AvgIpc) is 2.29. The summed E-state index contributed by atoms with van der Waals surface area (Å²) in [6, 6.07) is 5.63. The van der Waals surface area contributed by atoms with Gasteiger partial charge in [0.2, 0.25) is 0 Å². The van der Waals surface area contributed by atoms with Crippen molar-refractivity contribution >= 4 is 5.69 Å². The highest BCUT2D eigenvalue weighted by Gasteiger charge is 2.21. The van der Waals surface area contributed by atoms with Gasteiger partial charge >= 0.3 is 0 Å². The summed E-state index contributed by atoms with van der Waals surface area (Å²) in [6.45, 7) is 5.88. The van der Waals surface area contributed by atoms with Gasteiger partial charge in [-0.3, -0.25) is 0 Å². The third-order valence-electron chi connectivity index (χ3n) is 4.00. The molecule has 0 spiro atoms. The molecule has 0 aromatic heterocycles. The summed E-state index contributed by atoms with van der Waals surface area (Å²) in [5.74, 6) is 0.641. The SMILES string of the molecule is CCN(CC1CCC1)c1ccc(CC(C)N)cc1F. The standard InChI is InChI=1S/C16H25FN2/c1-3-19(11-13-5-4-6-13)16-8-7-14(9-12(2)18)10-15(16)17/h7-8,10,12-13H,3-6,9,11,18H2,1-2H3. The Morgan fingerprint density at radius 1 is 1.42 bits per heavy atom. The van der Waals surface area contributed by atoms with E-state index in [4.69, 9.17) is 5.73 Å². The van der Waals surface area contributed by atoms with Gasteiger partial charge in [-0.1, -0.05) is 12.5 Å². The van der Waals surface area contributed by atoms with Gasteiger partial charge in [0.25, 0.3) is 0 Å². The molecule has 0 saturated heterocycles. The van der Waals surface area contributed by atoms with Crippen LogP contribution in [0.25, 0.3) is 0 Å². The lowest BCUT2D eigenvalue weighted by atomic mass is 9.85. The number of halogens is 1. The van der Waals surface area contributed by atoms with Crippen LogP contribution in [0.15, 0.2) is 18.2 Å². The van der Waals surface area contributed by atoms with E-state index in [0.29, 0.717) is 0 Å². The second-order valence-electron chi connectivity index (χ2n) is 5.80. The van der Waals surface area contributed by atoms with Gasteiger partial charge in [0.1, 0.15) is 5.82 Å². The predicted molar refractivity (Wildman–Crippen MR) is 79.0 cm³/mol. The summed E-state index contributed by atoms with van der Waals surface area (Å²) in [7, 11) is 0. The summed E-state index contributed by atoms with van der Waals surface area (Å²) in [5, 5.41) is 0. The van der Waals surface area contributed by atoms with Crippen LogP contribution in [-0.4, -0.2) is 19.1 Å². The van der Waals surface area contributed by atoms with E-state index in [1.54, 1.807) is 6.07 Å². The Labute approximate surface area is 115 Å². The third kappa shape index (κ3) is 3.69. The van der Waals surface area contributed by atoms with Gasteiger partial charge < -0.3 is 10.6 Å². The van der Waals surface area contributed by atoms with Crippen LogP contribution in [0.4, 0.5) is 10.1 Å². The molecule has 0 aliphatic heterocycles.